The Morgan fingerprint density at radius 1 is 1.40 bits per heavy atom. The van der Waals surface area contributed by atoms with Gasteiger partial charge in [0.05, 0.1) is 0 Å². The van der Waals surface area contributed by atoms with Crippen LogP contribution in [0, 0.1) is 5.92 Å². The lowest BCUT2D eigenvalue weighted by atomic mass is 9.95. The summed E-state index contributed by atoms with van der Waals surface area (Å²) in [7, 11) is 2.03. The molecule has 0 aromatic rings. The van der Waals surface area contributed by atoms with Crippen molar-refractivity contribution in [2.75, 3.05) is 6.54 Å². The van der Waals surface area contributed by atoms with Crippen molar-refractivity contribution in [3.8, 4) is 0 Å². The third-order valence-electron chi connectivity index (χ3n) is 1.88. The van der Waals surface area contributed by atoms with E-state index in [1.165, 1.54) is 19.3 Å². The highest BCUT2D eigenvalue weighted by atomic mass is 14.7. The maximum Gasteiger partial charge on any atom is 0.201 e. The maximum atomic E-state index is 3.26. The third-order valence-corrected chi connectivity index (χ3v) is 1.88. The van der Waals surface area contributed by atoms with Crippen LogP contribution in [0.5, 0.6) is 0 Å². The van der Waals surface area contributed by atoms with E-state index in [-0.39, 0.29) is 0 Å². The number of hydrogen-bond donors (Lipinski definition) is 1. The summed E-state index contributed by atoms with van der Waals surface area (Å²) in [5, 5.41) is 3.26. The van der Waals surface area contributed by atoms with E-state index >= 15 is 0 Å². The van der Waals surface area contributed by atoms with E-state index in [2.05, 4.69) is 19.1 Å². The van der Waals surface area contributed by atoms with E-state index in [4.69, 9.17) is 0 Å². The van der Waals surface area contributed by atoms with Gasteiger partial charge in [-0.2, -0.15) is 0 Å². The third kappa shape index (κ3) is 4.86. The molecule has 0 amide bonds. The smallest absolute Gasteiger partial charge is 0.201 e. The lowest BCUT2D eigenvalue weighted by molar-refractivity contribution is 0.461. The molecule has 0 aromatic heterocycles. The van der Waals surface area contributed by atoms with Gasteiger partial charge in [0.2, 0.25) is 7.41 Å². The van der Waals surface area contributed by atoms with Crippen LogP contribution in [0.4, 0.5) is 0 Å². The van der Waals surface area contributed by atoms with Gasteiger partial charge in [-0.1, -0.05) is 33.5 Å². The summed E-state index contributed by atoms with van der Waals surface area (Å²) < 4.78 is 0. The molecule has 1 radical (unpaired) electrons. The van der Waals surface area contributed by atoms with E-state index < -0.39 is 0 Å². The van der Waals surface area contributed by atoms with Gasteiger partial charge in [0.1, 0.15) is 0 Å². The first-order valence-electron chi connectivity index (χ1n) is 4.36. The molecule has 0 aromatic carbocycles. The predicted molar refractivity (Wildman–Crippen MR) is 48.3 cm³/mol. The highest BCUT2D eigenvalue weighted by molar-refractivity contribution is 6.29. The Morgan fingerprint density at radius 3 is 2.50 bits per heavy atom. The maximum absolute atomic E-state index is 3.26. The SMILES string of the molecule is C[B]NCC(CC)CCC. The van der Waals surface area contributed by atoms with Crippen LogP contribution >= 0.6 is 0 Å². The zero-order valence-electron chi connectivity index (χ0n) is 7.48. The Kier molecular flexibility index (Phi) is 7.15. The second kappa shape index (κ2) is 7.14. The van der Waals surface area contributed by atoms with Crippen LogP contribution in [0.2, 0.25) is 6.82 Å². The van der Waals surface area contributed by atoms with E-state index in [0.717, 1.165) is 12.5 Å². The Hall–Kier alpha value is 0.0249. The first-order chi connectivity index (χ1) is 4.85. The van der Waals surface area contributed by atoms with E-state index in [1.54, 1.807) is 0 Å². The fourth-order valence-corrected chi connectivity index (χ4v) is 1.14. The summed E-state index contributed by atoms with van der Waals surface area (Å²) in [6, 6.07) is 0. The number of hydrogen-bond acceptors (Lipinski definition) is 1. The molecule has 10 heavy (non-hydrogen) atoms. The average molecular weight is 140 g/mol. The van der Waals surface area contributed by atoms with Crippen molar-refractivity contribution in [2.45, 2.75) is 39.9 Å². The topological polar surface area (TPSA) is 12.0 Å². The molecule has 0 aliphatic heterocycles. The standard InChI is InChI=1S/C8H19BN/c1-4-6-8(5-2)7-10-9-3/h8,10H,4-7H2,1-3H3. The normalized spacial score (nSPS) is 13.1. The predicted octanol–water partition coefficient (Wildman–Crippen LogP) is 2.07. The molecule has 0 rings (SSSR count). The van der Waals surface area contributed by atoms with Crippen LogP contribution in [0.25, 0.3) is 0 Å². The fourth-order valence-electron chi connectivity index (χ4n) is 1.14. The minimum atomic E-state index is 0.876. The molecule has 1 N–H and O–H groups in total. The van der Waals surface area contributed by atoms with E-state index in [1.807, 2.05) is 14.2 Å². The Labute approximate surface area is 65.9 Å². The Bertz CT molecular complexity index is 66.3. The molecule has 2 heteroatoms. The molecule has 0 fully saturated rings. The molecule has 0 saturated heterocycles. The molecule has 0 aliphatic carbocycles. The molecule has 0 heterocycles. The van der Waals surface area contributed by atoms with E-state index in [9.17, 15) is 0 Å². The number of nitrogens with one attached hydrogen (secondary N) is 1. The Balaban J connectivity index is 3.21. The van der Waals surface area contributed by atoms with Crippen LogP contribution in [-0.2, 0) is 0 Å². The lowest BCUT2D eigenvalue weighted by Crippen LogP contribution is -2.24. The molecular formula is C8H19BN. The van der Waals surface area contributed by atoms with Crippen LogP contribution < -0.4 is 5.23 Å². The monoisotopic (exact) mass is 140 g/mol. The zero-order chi connectivity index (χ0) is 7.82. The number of rotatable bonds is 6. The van der Waals surface area contributed by atoms with Gasteiger partial charge < -0.3 is 5.23 Å². The average Bonchev–Trinajstić information content (AvgIpc) is 1.98. The van der Waals surface area contributed by atoms with Gasteiger partial charge in [0.15, 0.2) is 0 Å². The first kappa shape index (κ1) is 10.0. The van der Waals surface area contributed by atoms with Crippen LogP contribution in [0.1, 0.15) is 33.1 Å². The van der Waals surface area contributed by atoms with E-state index in [0.29, 0.717) is 0 Å². The minimum Gasteiger partial charge on any atom is -0.360 e. The van der Waals surface area contributed by atoms with Crippen molar-refractivity contribution in [1.82, 2.24) is 5.23 Å². The Morgan fingerprint density at radius 2 is 2.10 bits per heavy atom. The van der Waals surface area contributed by atoms with Crippen molar-refractivity contribution < 1.29 is 0 Å². The molecular weight excluding hydrogens is 121 g/mol. The summed E-state index contributed by atoms with van der Waals surface area (Å²) in [5.41, 5.74) is 0. The highest BCUT2D eigenvalue weighted by Gasteiger charge is 2.02. The van der Waals surface area contributed by atoms with Crippen molar-refractivity contribution in [3.05, 3.63) is 0 Å². The van der Waals surface area contributed by atoms with Gasteiger partial charge in [0.25, 0.3) is 0 Å². The molecule has 0 saturated carbocycles. The molecule has 0 spiro atoms. The van der Waals surface area contributed by atoms with Crippen LogP contribution in [0.3, 0.4) is 0 Å². The van der Waals surface area contributed by atoms with Gasteiger partial charge in [0, 0.05) is 0 Å². The first-order valence-corrected chi connectivity index (χ1v) is 4.36. The zero-order valence-corrected chi connectivity index (χ0v) is 7.48. The lowest BCUT2D eigenvalue weighted by Gasteiger charge is -2.12. The van der Waals surface area contributed by atoms with Crippen molar-refractivity contribution in [1.29, 1.82) is 0 Å². The summed E-state index contributed by atoms with van der Waals surface area (Å²) in [5.74, 6) is 0.876. The second-order valence-electron chi connectivity index (χ2n) is 2.76. The van der Waals surface area contributed by atoms with Crippen molar-refractivity contribution in [2.24, 2.45) is 5.92 Å². The molecule has 1 atom stereocenters. The summed E-state index contributed by atoms with van der Waals surface area (Å²) in [4.78, 5) is 0. The highest BCUT2D eigenvalue weighted by Crippen LogP contribution is 2.08. The summed E-state index contributed by atoms with van der Waals surface area (Å²) in [6.45, 7) is 7.70. The molecule has 0 bridgehead atoms. The van der Waals surface area contributed by atoms with Gasteiger partial charge in [-0.15, -0.1) is 0 Å². The van der Waals surface area contributed by atoms with Gasteiger partial charge in [-0.25, -0.2) is 0 Å². The van der Waals surface area contributed by atoms with Gasteiger partial charge in [-0.05, 0) is 18.9 Å². The fraction of sp³-hybridized carbons (Fsp3) is 1.00. The second-order valence-corrected chi connectivity index (χ2v) is 2.76. The molecule has 1 nitrogen and oxygen atoms in total. The molecule has 0 aliphatic rings. The van der Waals surface area contributed by atoms with Gasteiger partial charge >= 0.3 is 0 Å². The van der Waals surface area contributed by atoms with Gasteiger partial charge in [-0.3, -0.25) is 0 Å². The quantitative estimate of drug-likeness (QED) is 0.557. The summed E-state index contributed by atoms with van der Waals surface area (Å²) in [6.07, 6.45) is 3.97. The van der Waals surface area contributed by atoms with Crippen LogP contribution in [-0.4, -0.2) is 14.0 Å². The minimum absolute atomic E-state index is 0.876. The van der Waals surface area contributed by atoms with Crippen molar-refractivity contribution >= 4 is 7.41 Å². The molecule has 1 unspecified atom stereocenters. The van der Waals surface area contributed by atoms with Crippen molar-refractivity contribution in [3.63, 3.8) is 0 Å². The van der Waals surface area contributed by atoms with Crippen LogP contribution in [0.15, 0.2) is 0 Å². The molecule has 59 valence electrons. The largest absolute Gasteiger partial charge is 0.360 e. The summed E-state index contributed by atoms with van der Waals surface area (Å²) >= 11 is 0.